The zero-order chi connectivity index (χ0) is 10.4. The van der Waals surface area contributed by atoms with Gasteiger partial charge in [0, 0.05) is 0 Å². The summed E-state index contributed by atoms with van der Waals surface area (Å²) in [7, 11) is 0. The number of imidazole rings is 1. The third-order valence-corrected chi connectivity index (χ3v) is 2.83. The molecule has 0 saturated heterocycles. The number of hydrogen-bond acceptors (Lipinski definition) is 0. The maximum absolute atomic E-state index is 2.30. The van der Waals surface area contributed by atoms with Gasteiger partial charge >= 0.3 is 0 Å². The summed E-state index contributed by atoms with van der Waals surface area (Å²) in [6, 6.07) is 0.627. The normalized spacial score (nSPS) is 13.1. The fourth-order valence-corrected chi connectivity index (χ4v) is 1.56. The smallest absolute Gasteiger partial charge is 0.237 e. The molecule has 0 bridgehead atoms. The average Bonchev–Trinajstić information content (AvgIpc) is 2.66. The Morgan fingerprint density at radius 2 is 2.07 bits per heavy atom. The van der Waals surface area contributed by atoms with Crippen LogP contribution in [-0.2, 0) is 6.54 Å². The molecule has 0 aliphatic heterocycles. The van der Waals surface area contributed by atoms with Crippen molar-refractivity contribution in [3.8, 4) is 0 Å². The van der Waals surface area contributed by atoms with Crippen LogP contribution in [-0.4, -0.2) is 4.57 Å². The second-order valence-corrected chi connectivity index (χ2v) is 4.06. The van der Waals surface area contributed by atoms with E-state index in [0.717, 1.165) is 6.54 Å². The molecule has 2 heteroatoms. The van der Waals surface area contributed by atoms with Crippen molar-refractivity contribution < 1.29 is 4.57 Å². The van der Waals surface area contributed by atoms with Gasteiger partial charge in [-0.05, 0) is 26.2 Å². The molecular formula is C12H23N2+. The van der Waals surface area contributed by atoms with Crippen molar-refractivity contribution >= 4 is 0 Å². The third kappa shape index (κ3) is 3.17. The fraction of sp³-hybridized carbons (Fsp3) is 0.750. The lowest BCUT2D eigenvalue weighted by molar-refractivity contribution is -0.719. The number of hydrogen-bond donors (Lipinski definition) is 0. The monoisotopic (exact) mass is 195 g/mol. The fourth-order valence-electron chi connectivity index (χ4n) is 1.56. The van der Waals surface area contributed by atoms with Gasteiger partial charge in [0.15, 0.2) is 0 Å². The summed E-state index contributed by atoms with van der Waals surface area (Å²) in [5.74, 6) is 0. The first-order valence-electron chi connectivity index (χ1n) is 5.84. The molecule has 0 N–H and O–H groups in total. The van der Waals surface area contributed by atoms with Crippen molar-refractivity contribution in [3.63, 3.8) is 0 Å². The van der Waals surface area contributed by atoms with Gasteiger partial charge in [0.1, 0.15) is 12.4 Å². The van der Waals surface area contributed by atoms with Crippen molar-refractivity contribution in [1.82, 2.24) is 4.57 Å². The Morgan fingerprint density at radius 1 is 1.29 bits per heavy atom. The molecule has 0 aromatic carbocycles. The molecule has 0 fully saturated rings. The van der Waals surface area contributed by atoms with E-state index in [1.165, 1.54) is 25.7 Å². The van der Waals surface area contributed by atoms with Gasteiger partial charge in [-0.15, -0.1) is 0 Å². The Morgan fingerprint density at radius 3 is 2.71 bits per heavy atom. The van der Waals surface area contributed by atoms with E-state index < -0.39 is 0 Å². The summed E-state index contributed by atoms with van der Waals surface area (Å²) in [4.78, 5) is 0. The minimum atomic E-state index is 0.627. The predicted molar refractivity (Wildman–Crippen MR) is 59.2 cm³/mol. The lowest BCUT2D eigenvalue weighted by Crippen LogP contribution is -2.34. The summed E-state index contributed by atoms with van der Waals surface area (Å²) in [6.45, 7) is 7.90. The van der Waals surface area contributed by atoms with Crippen LogP contribution in [0.2, 0.25) is 0 Å². The maximum atomic E-state index is 2.30. The minimum Gasteiger partial charge on any atom is -0.237 e. The highest BCUT2D eigenvalue weighted by Crippen LogP contribution is 2.01. The molecule has 1 aromatic rings. The average molecular weight is 195 g/mol. The predicted octanol–water partition coefficient (Wildman–Crippen LogP) is 2.94. The molecule has 2 nitrogen and oxygen atoms in total. The van der Waals surface area contributed by atoms with Crippen molar-refractivity contribution in [2.45, 2.75) is 59.0 Å². The molecule has 0 spiro atoms. The molecular weight excluding hydrogens is 172 g/mol. The molecule has 0 radical (unpaired) electrons. The first kappa shape index (κ1) is 11.3. The van der Waals surface area contributed by atoms with Gasteiger partial charge in [-0.3, -0.25) is 0 Å². The van der Waals surface area contributed by atoms with Crippen LogP contribution in [0.4, 0.5) is 0 Å². The highest BCUT2D eigenvalue weighted by Gasteiger charge is 2.08. The van der Waals surface area contributed by atoms with E-state index in [1.54, 1.807) is 0 Å². The molecule has 0 aliphatic carbocycles. The zero-order valence-corrected chi connectivity index (χ0v) is 9.74. The van der Waals surface area contributed by atoms with Crippen LogP contribution in [0.15, 0.2) is 18.7 Å². The highest BCUT2D eigenvalue weighted by atomic mass is 15.1. The second kappa shape index (κ2) is 5.84. The van der Waals surface area contributed by atoms with Crippen molar-refractivity contribution in [3.05, 3.63) is 18.7 Å². The van der Waals surface area contributed by atoms with Crippen LogP contribution in [0.3, 0.4) is 0 Å². The van der Waals surface area contributed by atoms with Crippen LogP contribution < -0.4 is 4.57 Å². The van der Waals surface area contributed by atoms with Crippen LogP contribution in [0.5, 0.6) is 0 Å². The molecule has 1 atom stereocenters. The molecule has 1 heterocycles. The Hall–Kier alpha value is -0.790. The maximum Gasteiger partial charge on any atom is 0.243 e. The van der Waals surface area contributed by atoms with E-state index in [-0.39, 0.29) is 0 Å². The number of unbranched alkanes of at least 4 members (excludes halogenated alkanes) is 2. The summed E-state index contributed by atoms with van der Waals surface area (Å²) >= 11 is 0. The van der Waals surface area contributed by atoms with E-state index in [0.29, 0.717) is 6.04 Å². The topological polar surface area (TPSA) is 8.81 Å². The van der Waals surface area contributed by atoms with E-state index in [2.05, 4.69) is 48.6 Å². The largest absolute Gasteiger partial charge is 0.243 e. The lowest BCUT2D eigenvalue weighted by atomic mass is 10.2. The Bertz CT molecular complexity index is 253. The van der Waals surface area contributed by atoms with E-state index in [9.17, 15) is 0 Å². The van der Waals surface area contributed by atoms with Gasteiger partial charge in [0.05, 0.1) is 12.6 Å². The summed E-state index contributed by atoms with van der Waals surface area (Å²) < 4.78 is 4.59. The van der Waals surface area contributed by atoms with Crippen LogP contribution in [0.1, 0.15) is 52.5 Å². The zero-order valence-electron chi connectivity index (χ0n) is 9.74. The van der Waals surface area contributed by atoms with Gasteiger partial charge in [0.25, 0.3) is 0 Å². The molecule has 1 unspecified atom stereocenters. The number of rotatable bonds is 6. The summed E-state index contributed by atoms with van der Waals surface area (Å²) in [5.41, 5.74) is 0. The van der Waals surface area contributed by atoms with Gasteiger partial charge in [-0.2, -0.15) is 0 Å². The number of aromatic nitrogens is 2. The molecule has 0 aliphatic rings. The van der Waals surface area contributed by atoms with Crippen LogP contribution in [0, 0.1) is 0 Å². The first-order valence-corrected chi connectivity index (χ1v) is 5.84. The van der Waals surface area contributed by atoms with Gasteiger partial charge in [0.2, 0.25) is 6.33 Å². The van der Waals surface area contributed by atoms with E-state index >= 15 is 0 Å². The van der Waals surface area contributed by atoms with Gasteiger partial charge in [-0.1, -0.05) is 20.3 Å². The van der Waals surface area contributed by atoms with E-state index in [4.69, 9.17) is 0 Å². The van der Waals surface area contributed by atoms with Crippen molar-refractivity contribution in [1.29, 1.82) is 0 Å². The molecule has 80 valence electrons. The molecule has 1 rings (SSSR count). The SMILES string of the molecule is CCCCCn1cc[n+](C(C)CC)c1. The van der Waals surface area contributed by atoms with Crippen molar-refractivity contribution in [2.75, 3.05) is 0 Å². The minimum absolute atomic E-state index is 0.627. The lowest BCUT2D eigenvalue weighted by Gasteiger charge is -2.02. The van der Waals surface area contributed by atoms with Gasteiger partial charge in [-0.25, -0.2) is 9.13 Å². The second-order valence-electron chi connectivity index (χ2n) is 4.06. The standard InChI is InChI=1S/C12H23N2/c1-4-6-7-8-13-9-10-14(11-13)12(3)5-2/h9-12H,4-8H2,1-3H3/q+1. The first-order chi connectivity index (χ1) is 6.77. The summed E-state index contributed by atoms with van der Waals surface area (Å²) in [5, 5.41) is 0. The summed E-state index contributed by atoms with van der Waals surface area (Å²) in [6.07, 6.45) is 11.7. The van der Waals surface area contributed by atoms with Gasteiger partial charge < -0.3 is 0 Å². The van der Waals surface area contributed by atoms with E-state index in [1.807, 2.05) is 0 Å². The highest BCUT2D eigenvalue weighted by molar-refractivity contribution is 4.67. The van der Waals surface area contributed by atoms with Crippen LogP contribution >= 0.6 is 0 Å². The Kier molecular flexibility index (Phi) is 4.71. The number of aryl methyl sites for hydroxylation is 1. The number of nitrogens with zero attached hydrogens (tertiary/aromatic N) is 2. The molecule has 14 heavy (non-hydrogen) atoms. The quantitative estimate of drug-likeness (QED) is 0.487. The Balaban J connectivity index is 2.42. The van der Waals surface area contributed by atoms with Crippen molar-refractivity contribution in [2.24, 2.45) is 0 Å². The molecule has 1 aromatic heterocycles. The van der Waals surface area contributed by atoms with Crippen LogP contribution in [0.25, 0.3) is 0 Å². The molecule has 0 saturated carbocycles. The third-order valence-electron chi connectivity index (χ3n) is 2.83. The Labute approximate surface area is 87.6 Å². The molecule has 0 amide bonds.